The van der Waals surface area contributed by atoms with E-state index in [0.29, 0.717) is 35.0 Å². The average Bonchev–Trinajstić information content (AvgIpc) is 2.67. The molecule has 1 aromatic rings. The van der Waals surface area contributed by atoms with Crippen LogP contribution in [0.4, 0.5) is 0 Å². The number of rotatable bonds is 5. The normalized spacial score (nSPS) is 22.9. The van der Waals surface area contributed by atoms with Gasteiger partial charge in [-0.2, -0.15) is 0 Å². The molecule has 2 fully saturated rings. The number of halogens is 2. The topological polar surface area (TPSA) is 69.7 Å². The second-order valence-electron chi connectivity index (χ2n) is 7.74. The van der Waals surface area contributed by atoms with Crippen molar-refractivity contribution in [1.82, 2.24) is 14.5 Å². The third-order valence-corrected chi connectivity index (χ3v) is 8.08. The molecule has 0 aliphatic carbocycles. The molecule has 6 nitrogen and oxygen atoms in total. The van der Waals surface area contributed by atoms with Gasteiger partial charge in [-0.25, -0.2) is 12.7 Å². The maximum absolute atomic E-state index is 12.9. The minimum Gasteiger partial charge on any atom is -0.353 e. The maximum Gasteiger partial charge on any atom is 0.224 e. The van der Waals surface area contributed by atoms with E-state index in [1.54, 1.807) is 18.2 Å². The predicted octanol–water partition coefficient (Wildman–Crippen LogP) is 2.75. The number of amides is 1. The Hall–Kier alpha value is -0.860. The van der Waals surface area contributed by atoms with E-state index in [1.165, 1.54) is 4.31 Å². The number of carbonyl (C=O) groups is 1. The summed E-state index contributed by atoms with van der Waals surface area (Å²) in [7, 11) is -1.53. The molecule has 156 valence electrons. The summed E-state index contributed by atoms with van der Waals surface area (Å²) < 4.78 is 27.3. The fraction of sp³-hybridized carbons (Fsp3) is 0.632. The first-order chi connectivity index (χ1) is 13.3. The fourth-order valence-electron chi connectivity index (χ4n) is 3.82. The monoisotopic (exact) mass is 447 g/mol. The average molecular weight is 448 g/mol. The molecule has 9 heteroatoms. The Kier molecular flexibility index (Phi) is 7.26. The van der Waals surface area contributed by atoms with Gasteiger partial charge in [-0.1, -0.05) is 29.3 Å². The second-order valence-corrected chi connectivity index (χ2v) is 10.5. The van der Waals surface area contributed by atoms with Crippen LogP contribution in [-0.4, -0.2) is 62.8 Å². The molecule has 2 saturated heterocycles. The van der Waals surface area contributed by atoms with Gasteiger partial charge in [-0.15, -0.1) is 0 Å². The van der Waals surface area contributed by atoms with E-state index in [9.17, 15) is 13.2 Å². The van der Waals surface area contributed by atoms with Crippen LogP contribution in [0.1, 0.15) is 31.2 Å². The lowest BCUT2D eigenvalue weighted by atomic mass is 9.97. The molecule has 2 aliphatic rings. The molecule has 0 aromatic heterocycles. The van der Waals surface area contributed by atoms with Gasteiger partial charge in [-0.3, -0.25) is 4.79 Å². The van der Waals surface area contributed by atoms with Crippen molar-refractivity contribution in [1.29, 1.82) is 0 Å². The molecule has 3 rings (SSSR count). The third kappa shape index (κ3) is 5.39. The van der Waals surface area contributed by atoms with Gasteiger partial charge in [0.15, 0.2) is 0 Å². The summed E-state index contributed by atoms with van der Waals surface area (Å²) in [4.78, 5) is 14.9. The number of sulfonamides is 1. The molecule has 1 aromatic carbocycles. The summed E-state index contributed by atoms with van der Waals surface area (Å²) in [5, 5.41) is 3.80. The van der Waals surface area contributed by atoms with Crippen molar-refractivity contribution in [3.8, 4) is 0 Å². The second kappa shape index (κ2) is 9.30. The Morgan fingerprint density at radius 2 is 1.79 bits per heavy atom. The lowest BCUT2D eigenvalue weighted by molar-refractivity contribution is -0.127. The van der Waals surface area contributed by atoms with Gasteiger partial charge in [0, 0.05) is 34.7 Å². The largest absolute Gasteiger partial charge is 0.353 e. The number of carbonyl (C=O) groups excluding carboxylic acids is 1. The van der Waals surface area contributed by atoms with E-state index < -0.39 is 10.0 Å². The van der Waals surface area contributed by atoms with Crippen molar-refractivity contribution >= 4 is 39.1 Å². The summed E-state index contributed by atoms with van der Waals surface area (Å²) in [6, 6.07) is 5.13. The van der Waals surface area contributed by atoms with E-state index in [-0.39, 0.29) is 30.2 Å². The Morgan fingerprint density at radius 3 is 2.43 bits per heavy atom. The van der Waals surface area contributed by atoms with Crippen LogP contribution >= 0.6 is 23.2 Å². The first-order valence-electron chi connectivity index (χ1n) is 9.66. The zero-order valence-electron chi connectivity index (χ0n) is 16.0. The molecule has 28 heavy (non-hydrogen) atoms. The number of hydrogen-bond donors (Lipinski definition) is 1. The van der Waals surface area contributed by atoms with E-state index in [1.807, 2.05) is 0 Å². The highest BCUT2D eigenvalue weighted by Crippen LogP contribution is 2.29. The van der Waals surface area contributed by atoms with Crippen molar-refractivity contribution in [2.45, 2.75) is 37.5 Å². The van der Waals surface area contributed by atoms with Gasteiger partial charge in [0.25, 0.3) is 0 Å². The van der Waals surface area contributed by atoms with Crippen LogP contribution in [0.25, 0.3) is 0 Å². The molecule has 0 saturated carbocycles. The first-order valence-corrected chi connectivity index (χ1v) is 12.0. The summed E-state index contributed by atoms with van der Waals surface area (Å²) >= 11 is 12.3. The number of likely N-dealkylation sites (tertiary alicyclic amines) is 1. The lowest BCUT2D eigenvalue weighted by Crippen LogP contribution is -2.49. The van der Waals surface area contributed by atoms with Crippen LogP contribution in [0.15, 0.2) is 18.2 Å². The molecule has 1 N–H and O–H groups in total. The molecular formula is C19H27Cl2N3O3S. The fourth-order valence-corrected chi connectivity index (χ4v) is 6.19. The zero-order valence-corrected chi connectivity index (χ0v) is 18.4. The Labute approximate surface area is 177 Å². The molecule has 2 heterocycles. The van der Waals surface area contributed by atoms with Crippen molar-refractivity contribution in [3.05, 3.63) is 33.8 Å². The Balaban J connectivity index is 1.62. The minimum absolute atomic E-state index is 0.0368. The number of hydrogen-bond acceptors (Lipinski definition) is 4. The molecule has 1 amide bonds. The van der Waals surface area contributed by atoms with Gasteiger partial charge in [-0.05, 0) is 58.0 Å². The van der Waals surface area contributed by atoms with Crippen LogP contribution in [0, 0.1) is 5.92 Å². The summed E-state index contributed by atoms with van der Waals surface area (Å²) in [5.41, 5.74) is 0.406. The molecule has 0 unspecified atom stereocenters. The lowest BCUT2D eigenvalue weighted by Gasteiger charge is -2.34. The number of piperidine rings is 2. The van der Waals surface area contributed by atoms with Crippen molar-refractivity contribution in [2.75, 3.05) is 33.2 Å². The predicted molar refractivity (Wildman–Crippen MR) is 112 cm³/mol. The number of nitrogens with one attached hydrogen (secondary N) is 1. The Bertz CT molecular complexity index is 790. The van der Waals surface area contributed by atoms with Gasteiger partial charge in [0.05, 0.1) is 11.7 Å². The molecule has 0 bridgehead atoms. The SMILES string of the molecule is CN1CCC(NC(=O)[C@@H]2CCCN(S(=O)(=O)Cc3c(Cl)cccc3Cl)C2)CC1. The van der Waals surface area contributed by atoms with Crippen molar-refractivity contribution in [2.24, 2.45) is 5.92 Å². The molecule has 0 spiro atoms. The smallest absolute Gasteiger partial charge is 0.224 e. The van der Waals surface area contributed by atoms with E-state index in [4.69, 9.17) is 23.2 Å². The zero-order chi connectivity index (χ0) is 20.3. The van der Waals surface area contributed by atoms with Gasteiger partial charge < -0.3 is 10.2 Å². The highest BCUT2D eigenvalue weighted by molar-refractivity contribution is 7.88. The van der Waals surface area contributed by atoms with E-state index >= 15 is 0 Å². The third-order valence-electron chi connectivity index (χ3n) is 5.60. The molecule has 2 aliphatic heterocycles. The van der Waals surface area contributed by atoms with E-state index in [2.05, 4.69) is 17.3 Å². The standard InChI is InChI=1S/C19H27Cl2N3O3S/c1-23-10-7-15(8-11-23)22-19(25)14-4-3-9-24(12-14)28(26,27)13-16-17(20)5-2-6-18(16)21/h2,5-6,14-15H,3-4,7-13H2,1H3,(H,22,25)/t14-/m1/s1. The molecule has 1 atom stereocenters. The minimum atomic E-state index is -3.61. The number of nitrogens with zero attached hydrogens (tertiary/aromatic N) is 2. The van der Waals surface area contributed by atoms with Crippen LogP contribution in [0.2, 0.25) is 10.0 Å². The highest BCUT2D eigenvalue weighted by Gasteiger charge is 2.34. The van der Waals surface area contributed by atoms with Crippen LogP contribution in [0.3, 0.4) is 0 Å². The summed E-state index contributed by atoms with van der Waals surface area (Å²) in [6.07, 6.45) is 3.24. The van der Waals surface area contributed by atoms with Gasteiger partial charge in [0.2, 0.25) is 15.9 Å². The summed E-state index contributed by atoms with van der Waals surface area (Å²) in [5.74, 6) is -0.607. The van der Waals surface area contributed by atoms with Crippen molar-refractivity contribution < 1.29 is 13.2 Å². The summed E-state index contributed by atoms with van der Waals surface area (Å²) in [6.45, 7) is 2.56. The van der Waals surface area contributed by atoms with Gasteiger partial charge in [0.1, 0.15) is 0 Å². The highest BCUT2D eigenvalue weighted by atomic mass is 35.5. The first kappa shape index (κ1) is 21.8. The van der Waals surface area contributed by atoms with Gasteiger partial charge >= 0.3 is 0 Å². The van der Waals surface area contributed by atoms with E-state index in [0.717, 1.165) is 25.9 Å². The quantitative estimate of drug-likeness (QED) is 0.752. The van der Waals surface area contributed by atoms with Crippen LogP contribution < -0.4 is 5.32 Å². The molecule has 0 radical (unpaired) electrons. The van der Waals surface area contributed by atoms with Crippen molar-refractivity contribution in [3.63, 3.8) is 0 Å². The van der Waals surface area contributed by atoms with Crippen LogP contribution in [0.5, 0.6) is 0 Å². The number of benzene rings is 1. The Morgan fingerprint density at radius 1 is 1.14 bits per heavy atom. The maximum atomic E-state index is 12.9. The van der Waals surface area contributed by atoms with Crippen LogP contribution in [-0.2, 0) is 20.6 Å². The molecular weight excluding hydrogens is 421 g/mol.